The van der Waals surface area contributed by atoms with Crippen LogP contribution < -0.4 is 15.6 Å². The number of methoxy groups -OCH3 is 2. The van der Waals surface area contributed by atoms with Crippen molar-refractivity contribution >= 4 is 17.6 Å². The summed E-state index contributed by atoms with van der Waals surface area (Å²) in [5, 5.41) is 6.85. The van der Waals surface area contributed by atoms with Crippen LogP contribution in [-0.2, 0) is 4.74 Å². The molecule has 0 saturated carbocycles. The number of para-hydroxylation sites is 2. The number of hydrogen-bond donors (Lipinski definition) is 1. The highest BCUT2D eigenvalue weighted by molar-refractivity contribution is 6.08. The molecule has 0 atom stereocenters. The highest BCUT2D eigenvalue weighted by Gasteiger charge is 2.21. The number of carbonyl (C=O) groups excluding carboxylic acids is 2. The van der Waals surface area contributed by atoms with Gasteiger partial charge in [0.15, 0.2) is 11.4 Å². The van der Waals surface area contributed by atoms with Crippen LogP contribution in [0.15, 0.2) is 59.4 Å². The van der Waals surface area contributed by atoms with Crippen LogP contribution in [0.1, 0.15) is 26.4 Å². The Hall–Kier alpha value is -3.94. The fourth-order valence-electron chi connectivity index (χ4n) is 2.79. The molecule has 8 heteroatoms. The molecule has 0 spiro atoms. The third-order valence-corrected chi connectivity index (χ3v) is 4.26. The van der Waals surface area contributed by atoms with Gasteiger partial charge < -0.3 is 14.8 Å². The Bertz CT molecular complexity index is 1140. The number of ether oxygens (including phenoxy) is 2. The van der Waals surface area contributed by atoms with E-state index >= 15 is 0 Å². The molecule has 0 aliphatic carbocycles. The van der Waals surface area contributed by atoms with Crippen LogP contribution in [0.25, 0.3) is 5.69 Å². The van der Waals surface area contributed by atoms with E-state index in [1.165, 1.54) is 26.4 Å². The van der Waals surface area contributed by atoms with Crippen LogP contribution in [0.5, 0.6) is 5.75 Å². The van der Waals surface area contributed by atoms with Crippen molar-refractivity contribution in [3.05, 3.63) is 81.8 Å². The number of amides is 1. The van der Waals surface area contributed by atoms with E-state index in [0.717, 1.165) is 10.2 Å². The molecule has 1 amide bonds. The number of rotatable bonds is 5. The molecule has 3 aromatic rings. The molecule has 1 aromatic heterocycles. The van der Waals surface area contributed by atoms with E-state index in [-0.39, 0.29) is 22.7 Å². The summed E-state index contributed by atoms with van der Waals surface area (Å²) in [5.41, 5.74) is 1.26. The van der Waals surface area contributed by atoms with Gasteiger partial charge in [0.2, 0.25) is 0 Å². The van der Waals surface area contributed by atoms with Crippen molar-refractivity contribution in [1.82, 2.24) is 9.78 Å². The van der Waals surface area contributed by atoms with Gasteiger partial charge in [-0.1, -0.05) is 30.3 Å². The van der Waals surface area contributed by atoms with Crippen LogP contribution in [0, 0.1) is 6.92 Å². The second-order valence-corrected chi connectivity index (χ2v) is 6.09. The Morgan fingerprint density at radius 3 is 2.41 bits per heavy atom. The minimum atomic E-state index is -0.638. The van der Waals surface area contributed by atoms with Crippen molar-refractivity contribution in [3.63, 3.8) is 0 Å². The summed E-state index contributed by atoms with van der Waals surface area (Å²) >= 11 is 0. The Labute approximate surface area is 166 Å². The molecule has 0 aliphatic rings. The van der Waals surface area contributed by atoms with Crippen LogP contribution >= 0.6 is 0 Å². The lowest BCUT2D eigenvalue weighted by Crippen LogP contribution is -2.27. The number of hydrogen-bond acceptors (Lipinski definition) is 6. The van der Waals surface area contributed by atoms with Crippen LogP contribution in [0.4, 0.5) is 5.69 Å². The maximum Gasteiger partial charge on any atom is 0.339 e. The maximum absolute atomic E-state index is 12.9. The predicted molar refractivity (Wildman–Crippen MR) is 107 cm³/mol. The monoisotopic (exact) mass is 393 g/mol. The highest BCUT2D eigenvalue weighted by atomic mass is 16.5. The zero-order valence-corrected chi connectivity index (χ0v) is 16.1. The van der Waals surface area contributed by atoms with Gasteiger partial charge in [0.05, 0.1) is 37.2 Å². The third-order valence-electron chi connectivity index (χ3n) is 4.26. The predicted octanol–water partition coefficient (Wildman–Crippen LogP) is 2.59. The minimum absolute atomic E-state index is 0.0212. The van der Waals surface area contributed by atoms with Gasteiger partial charge in [-0.2, -0.15) is 9.78 Å². The fraction of sp³-hybridized carbons (Fsp3) is 0.143. The maximum atomic E-state index is 12.9. The van der Waals surface area contributed by atoms with Gasteiger partial charge in [0.25, 0.3) is 11.5 Å². The second-order valence-electron chi connectivity index (χ2n) is 6.09. The van der Waals surface area contributed by atoms with Gasteiger partial charge in [-0.05, 0) is 30.7 Å². The lowest BCUT2D eigenvalue weighted by atomic mass is 10.1. The van der Waals surface area contributed by atoms with Crippen LogP contribution in [-0.4, -0.2) is 35.9 Å². The molecule has 29 heavy (non-hydrogen) atoms. The van der Waals surface area contributed by atoms with E-state index in [1.807, 2.05) is 19.1 Å². The number of benzene rings is 2. The molecule has 1 heterocycles. The molecule has 0 bridgehead atoms. The largest absolute Gasteiger partial charge is 0.494 e. The van der Waals surface area contributed by atoms with E-state index in [0.29, 0.717) is 5.69 Å². The second kappa shape index (κ2) is 8.39. The minimum Gasteiger partial charge on any atom is -0.494 e. The molecule has 0 aliphatic heterocycles. The molecule has 0 saturated heterocycles. The summed E-state index contributed by atoms with van der Waals surface area (Å²) in [6.45, 7) is 1.83. The molecule has 8 nitrogen and oxygen atoms in total. The van der Waals surface area contributed by atoms with Crippen molar-refractivity contribution < 1.29 is 19.1 Å². The lowest BCUT2D eigenvalue weighted by Gasteiger charge is -2.13. The Morgan fingerprint density at radius 2 is 1.72 bits per heavy atom. The van der Waals surface area contributed by atoms with E-state index < -0.39 is 17.4 Å². The molecule has 0 fully saturated rings. The Balaban J connectivity index is 2.06. The zero-order chi connectivity index (χ0) is 21.0. The summed E-state index contributed by atoms with van der Waals surface area (Å²) in [5.74, 6) is -1.21. The highest BCUT2D eigenvalue weighted by Crippen LogP contribution is 2.20. The van der Waals surface area contributed by atoms with Gasteiger partial charge in [0, 0.05) is 0 Å². The number of aromatic nitrogens is 2. The Kier molecular flexibility index (Phi) is 5.73. The van der Waals surface area contributed by atoms with Crippen molar-refractivity contribution in [2.24, 2.45) is 0 Å². The molecule has 3 rings (SSSR count). The average Bonchev–Trinajstić information content (AvgIpc) is 2.73. The van der Waals surface area contributed by atoms with Crippen molar-refractivity contribution in [2.75, 3.05) is 19.5 Å². The Morgan fingerprint density at radius 1 is 1.03 bits per heavy atom. The summed E-state index contributed by atoms with van der Waals surface area (Å²) in [6.07, 6.45) is 0. The van der Waals surface area contributed by atoms with E-state index in [4.69, 9.17) is 9.47 Å². The summed E-state index contributed by atoms with van der Waals surface area (Å²) in [7, 11) is 2.59. The quantitative estimate of drug-likeness (QED) is 0.669. The molecule has 0 radical (unpaired) electrons. The zero-order valence-electron chi connectivity index (χ0n) is 16.1. The van der Waals surface area contributed by atoms with Crippen molar-refractivity contribution in [1.29, 1.82) is 0 Å². The van der Waals surface area contributed by atoms with Gasteiger partial charge >= 0.3 is 5.97 Å². The number of carbonyl (C=O) groups is 2. The first kappa shape index (κ1) is 19.8. The molecular formula is C21H19N3O5. The van der Waals surface area contributed by atoms with E-state index in [9.17, 15) is 14.4 Å². The summed E-state index contributed by atoms with van der Waals surface area (Å²) < 4.78 is 11.1. The van der Waals surface area contributed by atoms with Crippen LogP contribution in [0.2, 0.25) is 0 Å². The average molecular weight is 393 g/mol. The number of anilines is 1. The normalized spacial score (nSPS) is 10.3. The van der Waals surface area contributed by atoms with Gasteiger partial charge in [-0.3, -0.25) is 9.59 Å². The first-order chi connectivity index (χ1) is 14.0. The molecule has 1 N–H and O–H groups in total. The van der Waals surface area contributed by atoms with E-state index in [2.05, 4.69) is 10.4 Å². The first-order valence-corrected chi connectivity index (χ1v) is 8.69. The summed E-state index contributed by atoms with van der Waals surface area (Å²) in [4.78, 5) is 37.3. The molecular weight excluding hydrogens is 374 g/mol. The van der Waals surface area contributed by atoms with Gasteiger partial charge in [-0.25, -0.2) is 4.79 Å². The fourth-order valence-corrected chi connectivity index (χ4v) is 2.79. The first-order valence-electron chi connectivity index (χ1n) is 8.69. The van der Waals surface area contributed by atoms with Gasteiger partial charge in [-0.15, -0.1) is 0 Å². The number of nitrogens with zero attached hydrogens (tertiary/aromatic N) is 2. The van der Waals surface area contributed by atoms with E-state index in [1.54, 1.807) is 30.3 Å². The molecule has 0 unspecified atom stereocenters. The molecule has 148 valence electrons. The lowest BCUT2D eigenvalue weighted by molar-refractivity contribution is 0.0602. The van der Waals surface area contributed by atoms with Crippen molar-refractivity contribution in [2.45, 2.75) is 6.92 Å². The number of aryl methyl sites for hydroxylation is 1. The van der Waals surface area contributed by atoms with Crippen molar-refractivity contribution in [3.8, 4) is 11.4 Å². The SMILES string of the molecule is COC(=O)c1ccccc1NC(=O)c1nn(-c2ccccc2C)c(=O)cc1OC. The van der Waals surface area contributed by atoms with Crippen LogP contribution in [0.3, 0.4) is 0 Å². The number of nitrogens with one attached hydrogen (secondary N) is 1. The molecule has 2 aromatic carbocycles. The summed E-state index contributed by atoms with van der Waals surface area (Å²) in [6, 6.07) is 14.8. The van der Waals surface area contributed by atoms with Gasteiger partial charge in [0.1, 0.15) is 0 Å². The third kappa shape index (κ3) is 4.01. The number of esters is 1. The smallest absolute Gasteiger partial charge is 0.339 e. The standard InChI is InChI=1S/C21H19N3O5/c1-13-8-4-7-11-16(13)24-18(25)12-17(28-2)19(23-24)20(26)22-15-10-6-5-9-14(15)21(27)29-3/h4-12H,1-3H3,(H,22,26). The topological polar surface area (TPSA) is 99.5 Å².